The summed E-state index contributed by atoms with van der Waals surface area (Å²) in [5.41, 5.74) is 21.8. The van der Waals surface area contributed by atoms with Crippen LogP contribution in [0.2, 0.25) is 0 Å². The van der Waals surface area contributed by atoms with E-state index in [1.165, 1.54) is 109 Å². The molecule has 0 unspecified atom stereocenters. The Labute approximate surface area is 398 Å². The number of furan rings is 1. The summed E-state index contributed by atoms with van der Waals surface area (Å²) in [6.07, 6.45) is 0. The summed E-state index contributed by atoms with van der Waals surface area (Å²) in [5, 5.41) is 6.37. The van der Waals surface area contributed by atoms with Gasteiger partial charge in [0.2, 0.25) is 0 Å². The summed E-state index contributed by atoms with van der Waals surface area (Å²) in [7, 11) is 0. The predicted molar refractivity (Wildman–Crippen MR) is 291 cm³/mol. The van der Waals surface area contributed by atoms with Crippen LogP contribution in [-0.4, -0.2) is 11.3 Å². The van der Waals surface area contributed by atoms with Gasteiger partial charge in [-0.25, -0.2) is 0 Å². The average molecular weight is 892 g/mol. The van der Waals surface area contributed by atoms with Crippen LogP contribution >= 0.6 is 11.3 Å². The molecule has 4 nitrogen and oxygen atoms in total. The highest BCUT2D eigenvalue weighted by molar-refractivity contribution is 7.25. The Hall–Kier alpha value is -6.24. The van der Waals surface area contributed by atoms with Gasteiger partial charge < -0.3 is 18.8 Å². The predicted octanol–water partition coefficient (Wildman–Crippen LogP) is 15.8. The van der Waals surface area contributed by atoms with Crippen LogP contribution < -0.4 is 26.4 Å². The third kappa shape index (κ3) is 5.66. The van der Waals surface area contributed by atoms with Crippen LogP contribution in [0.4, 0.5) is 34.1 Å². The molecule has 67 heavy (non-hydrogen) atoms. The number of anilines is 6. The van der Waals surface area contributed by atoms with Crippen molar-refractivity contribution in [3.05, 3.63) is 143 Å². The summed E-state index contributed by atoms with van der Waals surface area (Å²) < 4.78 is 12.7. The fourth-order valence-electron chi connectivity index (χ4n) is 11.6. The maximum Gasteiger partial charge on any atom is 0.297 e. The molecular formula is C61H58BN3OS. The molecule has 10 aromatic rings. The molecule has 3 aromatic heterocycles. The molecule has 0 aliphatic carbocycles. The van der Waals surface area contributed by atoms with Crippen LogP contribution in [0.25, 0.3) is 58.6 Å². The standard InChI is InChI=1S/C61H58BN3OS/c1-33-24-46-53-47(25-33)65-48-30-36(60(8,9)10)28-42-40-26-34(58(2,3)4)18-21-45(40)64(54(42)48)49-31-37(61(11,12)13)29-44(56(49)65)62(53)57-55(43-27-35(59(5,6)7)19-22-50(43)66-57)63(46)38-20-23-52-41(32-38)39-16-14-15-17-51(39)67-52/h14-32H,1-13H3. The smallest absolute Gasteiger partial charge is 0.297 e. The highest BCUT2D eigenvalue weighted by atomic mass is 32.1. The first kappa shape index (κ1) is 41.0. The van der Waals surface area contributed by atoms with Gasteiger partial charge in [0.15, 0.2) is 0 Å². The number of hydrogen-bond acceptors (Lipinski definition) is 4. The van der Waals surface area contributed by atoms with Crippen LogP contribution in [-0.2, 0) is 21.7 Å². The van der Waals surface area contributed by atoms with Gasteiger partial charge in [0.1, 0.15) is 5.58 Å². The first-order valence-electron chi connectivity index (χ1n) is 24.2. The largest absolute Gasteiger partial charge is 0.468 e. The number of thiophene rings is 1. The van der Waals surface area contributed by atoms with Crippen LogP contribution in [0.15, 0.2) is 120 Å². The maximum atomic E-state index is 7.47. The highest BCUT2D eigenvalue weighted by Crippen LogP contribution is 2.55. The molecule has 3 aliphatic rings. The van der Waals surface area contributed by atoms with Gasteiger partial charge >= 0.3 is 0 Å². The molecular weight excluding hydrogens is 834 g/mol. The fraction of sp³-hybridized carbons (Fsp3) is 0.279. The Morgan fingerprint density at radius 2 is 1.09 bits per heavy atom. The Kier molecular flexibility index (Phi) is 7.98. The molecule has 0 spiro atoms. The minimum Gasteiger partial charge on any atom is -0.468 e. The zero-order chi connectivity index (χ0) is 46.6. The number of nitrogens with zero attached hydrogens (tertiary/aromatic N) is 3. The second-order valence-corrected chi connectivity index (χ2v) is 25.1. The molecule has 6 heteroatoms. The van der Waals surface area contributed by atoms with Crippen molar-refractivity contribution >= 4 is 122 Å². The summed E-state index contributed by atoms with van der Waals surface area (Å²) >= 11 is 1.87. The fourth-order valence-corrected chi connectivity index (χ4v) is 12.7. The van der Waals surface area contributed by atoms with Gasteiger partial charge in [-0.2, -0.15) is 0 Å². The van der Waals surface area contributed by atoms with Crippen molar-refractivity contribution in [2.45, 2.75) is 112 Å². The normalized spacial score (nSPS) is 14.6. The van der Waals surface area contributed by atoms with E-state index in [2.05, 4.69) is 220 Å². The lowest BCUT2D eigenvalue weighted by Gasteiger charge is -2.45. The molecule has 3 aliphatic heterocycles. The molecule has 332 valence electrons. The van der Waals surface area contributed by atoms with Crippen LogP contribution in [0.1, 0.15) is 111 Å². The number of fused-ring (bicyclic) bond motifs is 14. The minimum absolute atomic E-state index is 0.00684. The van der Waals surface area contributed by atoms with Crippen molar-refractivity contribution in [1.29, 1.82) is 0 Å². The van der Waals surface area contributed by atoms with E-state index < -0.39 is 0 Å². The summed E-state index contributed by atoms with van der Waals surface area (Å²) in [4.78, 5) is 5.23. The Bertz CT molecular complexity index is 3830. The second-order valence-electron chi connectivity index (χ2n) is 24.0. The maximum absolute atomic E-state index is 7.47. The molecule has 0 atom stereocenters. The number of benzene rings is 7. The van der Waals surface area contributed by atoms with E-state index >= 15 is 0 Å². The Morgan fingerprint density at radius 3 is 1.81 bits per heavy atom. The van der Waals surface area contributed by atoms with Crippen molar-refractivity contribution in [2.24, 2.45) is 0 Å². The number of hydrogen-bond donors (Lipinski definition) is 0. The van der Waals surface area contributed by atoms with E-state index in [1.54, 1.807) is 0 Å². The molecule has 0 saturated heterocycles. The average Bonchev–Trinajstić information content (AvgIpc) is 3.93. The van der Waals surface area contributed by atoms with Crippen LogP contribution in [0.3, 0.4) is 0 Å². The molecule has 0 N–H and O–H groups in total. The van der Waals surface area contributed by atoms with E-state index in [4.69, 9.17) is 4.42 Å². The van der Waals surface area contributed by atoms with Gasteiger partial charge in [0.25, 0.3) is 6.71 Å². The summed E-state index contributed by atoms with van der Waals surface area (Å²) in [5.74, 6) is 0. The molecule has 0 saturated carbocycles. The third-order valence-corrected chi connectivity index (χ3v) is 16.4. The van der Waals surface area contributed by atoms with Gasteiger partial charge in [0.05, 0.1) is 39.4 Å². The van der Waals surface area contributed by atoms with Gasteiger partial charge in [-0.05, 0) is 146 Å². The topological polar surface area (TPSA) is 24.6 Å². The number of aromatic nitrogens is 1. The molecule has 13 rings (SSSR count). The molecule has 0 bridgehead atoms. The molecule has 0 radical (unpaired) electrons. The highest BCUT2D eigenvalue weighted by Gasteiger charge is 2.50. The van der Waals surface area contributed by atoms with Gasteiger partial charge in [-0.15, -0.1) is 11.3 Å². The van der Waals surface area contributed by atoms with E-state index in [0.29, 0.717) is 0 Å². The first-order valence-corrected chi connectivity index (χ1v) is 25.0. The molecule has 6 heterocycles. The monoisotopic (exact) mass is 891 g/mol. The van der Waals surface area contributed by atoms with Crippen molar-refractivity contribution in [3.63, 3.8) is 0 Å². The Balaban J connectivity index is 1.20. The van der Waals surface area contributed by atoms with Gasteiger partial charge in [-0.3, -0.25) is 0 Å². The first-order chi connectivity index (χ1) is 31.6. The van der Waals surface area contributed by atoms with Crippen molar-refractivity contribution in [2.75, 3.05) is 9.80 Å². The number of aryl methyl sites for hydroxylation is 1. The lowest BCUT2D eigenvalue weighted by atomic mass is 9.35. The van der Waals surface area contributed by atoms with Gasteiger partial charge in [0, 0.05) is 53.4 Å². The van der Waals surface area contributed by atoms with Gasteiger partial charge in [-0.1, -0.05) is 119 Å². The van der Waals surface area contributed by atoms with E-state index in [-0.39, 0.29) is 28.4 Å². The summed E-state index contributed by atoms with van der Waals surface area (Å²) in [6, 6.07) is 45.1. The number of rotatable bonds is 1. The molecule has 0 amide bonds. The van der Waals surface area contributed by atoms with Crippen LogP contribution in [0, 0.1) is 6.92 Å². The third-order valence-electron chi connectivity index (χ3n) is 15.3. The molecule has 0 fully saturated rings. The summed E-state index contributed by atoms with van der Waals surface area (Å²) in [6.45, 7) is 30.2. The quantitative estimate of drug-likeness (QED) is 0.154. The second kappa shape index (κ2) is 13.0. The van der Waals surface area contributed by atoms with E-state index in [9.17, 15) is 0 Å². The minimum atomic E-state index is -0.155. The SMILES string of the molecule is Cc1cc2c3c(c1)N1c4c(cc(C(C)(C)C)cc4-n4c5ccc(C(C)(C)C)cc5c5cc(C(C)(C)C)cc1c54)B3c1oc3ccc(C(C)(C)C)cc3c1N2c1ccc2sc3ccccc3c2c1. The van der Waals surface area contributed by atoms with E-state index in [0.717, 1.165) is 28.0 Å². The molecule has 7 aromatic carbocycles. The van der Waals surface area contributed by atoms with E-state index in [1.807, 2.05) is 11.3 Å². The van der Waals surface area contributed by atoms with Crippen molar-refractivity contribution in [3.8, 4) is 5.69 Å². The zero-order valence-electron chi connectivity index (χ0n) is 41.2. The van der Waals surface area contributed by atoms with Crippen LogP contribution in [0.5, 0.6) is 0 Å². The lowest BCUT2D eigenvalue weighted by Crippen LogP contribution is -2.61. The zero-order valence-corrected chi connectivity index (χ0v) is 42.0. The lowest BCUT2D eigenvalue weighted by molar-refractivity contribution is 0.589. The van der Waals surface area contributed by atoms with Crippen molar-refractivity contribution in [1.82, 2.24) is 4.57 Å². The van der Waals surface area contributed by atoms with Crippen molar-refractivity contribution < 1.29 is 4.42 Å². The Morgan fingerprint density at radius 1 is 0.478 bits per heavy atom.